The minimum Gasteiger partial charge on any atom is -0.312 e. The standard InChI is InChI=1S/C25H24ClN3O2/c1-3-28(20-10-8-19(26)9-11-20)25(31)22-16-17(2)29(23-7-5-4-6-21(22)23)24(30)18-12-14-27-15-13-18/h4-15,17,22H,3,16H2,1-2H3/t17-,22-/m1/s1. The molecule has 0 spiro atoms. The molecule has 0 saturated heterocycles. The first-order valence-electron chi connectivity index (χ1n) is 10.4. The number of likely N-dealkylation sites (N-methyl/N-ethyl adjacent to an activating group) is 1. The molecule has 0 saturated carbocycles. The fourth-order valence-corrected chi connectivity index (χ4v) is 4.39. The van der Waals surface area contributed by atoms with Gasteiger partial charge in [0, 0.05) is 46.9 Å². The van der Waals surface area contributed by atoms with Crippen molar-refractivity contribution in [2.75, 3.05) is 16.3 Å². The number of hydrogen-bond donors (Lipinski definition) is 0. The smallest absolute Gasteiger partial charge is 0.258 e. The van der Waals surface area contributed by atoms with Crippen LogP contribution in [0.25, 0.3) is 0 Å². The number of para-hydroxylation sites is 1. The van der Waals surface area contributed by atoms with E-state index in [4.69, 9.17) is 11.6 Å². The topological polar surface area (TPSA) is 53.5 Å². The van der Waals surface area contributed by atoms with E-state index in [-0.39, 0.29) is 23.8 Å². The van der Waals surface area contributed by atoms with Crippen LogP contribution in [0.5, 0.6) is 0 Å². The lowest BCUT2D eigenvalue weighted by molar-refractivity contribution is -0.120. The number of carbonyl (C=O) groups is 2. The second-order valence-electron chi connectivity index (χ2n) is 7.67. The minimum absolute atomic E-state index is 0.0279. The third kappa shape index (κ3) is 4.06. The Morgan fingerprint density at radius 3 is 2.42 bits per heavy atom. The molecule has 0 aliphatic carbocycles. The van der Waals surface area contributed by atoms with Crippen LogP contribution in [0.15, 0.2) is 73.1 Å². The summed E-state index contributed by atoms with van der Waals surface area (Å²) in [4.78, 5) is 34.5. The second-order valence-corrected chi connectivity index (χ2v) is 8.10. The van der Waals surface area contributed by atoms with Crippen LogP contribution in [0.2, 0.25) is 5.02 Å². The summed E-state index contributed by atoms with van der Waals surface area (Å²) >= 11 is 6.03. The van der Waals surface area contributed by atoms with Crippen LogP contribution < -0.4 is 9.80 Å². The van der Waals surface area contributed by atoms with Gasteiger partial charge in [0.05, 0.1) is 5.92 Å². The van der Waals surface area contributed by atoms with Crippen LogP contribution in [-0.2, 0) is 4.79 Å². The van der Waals surface area contributed by atoms with Gasteiger partial charge in [0.1, 0.15) is 0 Å². The highest BCUT2D eigenvalue weighted by Crippen LogP contribution is 2.40. The van der Waals surface area contributed by atoms with E-state index in [1.807, 2.05) is 50.2 Å². The molecule has 0 unspecified atom stereocenters. The highest BCUT2D eigenvalue weighted by molar-refractivity contribution is 6.30. The van der Waals surface area contributed by atoms with Gasteiger partial charge in [-0.25, -0.2) is 0 Å². The summed E-state index contributed by atoms with van der Waals surface area (Å²) < 4.78 is 0. The van der Waals surface area contributed by atoms with Gasteiger partial charge in [-0.1, -0.05) is 29.8 Å². The van der Waals surface area contributed by atoms with Gasteiger partial charge in [0.15, 0.2) is 0 Å². The fraction of sp³-hybridized carbons (Fsp3) is 0.240. The Kier molecular flexibility index (Phi) is 6.05. The number of nitrogens with zero attached hydrogens (tertiary/aromatic N) is 3. The molecular weight excluding hydrogens is 410 g/mol. The number of aromatic nitrogens is 1. The molecule has 2 amide bonds. The van der Waals surface area contributed by atoms with Crippen molar-refractivity contribution in [3.63, 3.8) is 0 Å². The Hall–Kier alpha value is -3.18. The average molecular weight is 434 g/mol. The fourth-order valence-electron chi connectivity index (χ4n) is 4.26. The lowest BCUT2D eigenvalue weighted by Gasteiger charge is -2.40. The molecule has 6 heteroatoms. The number of rotatable bonds is 4. The van der Waals surface area contributed by atoms with E-state index in [2.05, 4.69) is 4.98 Å². The SMILES string of the molecule is CCN(C(=O)[C@@H]1C[C@@H](C)N(C(=O)c2ccncc2)c2ccccc21)c1ccc(Cl)cc1. The molecule has 2 heterocycles. The van der Waals surface area contributed by atoms with Crippen LogP contribution in [0.1, 0.15) is 42.1 Å². The Balaban J connectivity index is 1.70. The van der Waals surface area contributed by atoms with Crippen molar-refractivity contribution >= 4 is 34.8 Å². The van der Waals surface area contributed by atoms with Crippen LogP contribution >= 0.6 is 11.6 Å². The number of hydrogen-bond acceptors (Lipinski definition) is 3. The third-order valence-electron chi connectivity index (χ3n) is 5.75. The van der Waals surface area contributed by atoms with Gasteiger partial charge >= 0.3 is 0 Å². The molecule has 5 nitrogen and oxygen atoms in total. The lowest BCUT2D eigenvalue weighted by Crippen LogP contribution is -2.46. The Bertz CT molecular complexity index is 1090. The maximum absolute atomic E-state index is 13.7. The summed E-state index contributed by atoms with van der Waals surface area (Å²) in [6, 6.07) is 18.3. The number of anilines is 2. The van der Waals surface area contributed by atoms with Crippen LogP contribution in [0, 0.1) is 0 Å². The quantitative estimate of drug-likeness (QED) is 0.560. The van der Waals surface area contributed by atoms with Gasteiger partial charge in [-0.3, -0.25) is 14.6 Å². The number of pyridine rings is 1. The van der Waals surface area contributed by atoms with E-state index in [0.29, 0.717) is 23.6 Å². The predicted molar refractivity (Wildman–Crippen MR) is 124 cm³/mol. The molecule has 0 N–H and O–H groups in total. The summed E-state index contributed by atoms with van der Waals surface area (Å²) in [7, 11) is 0. The molecule has 2 aromatic carbocycles. The number of fused-ring (bicyclic) bond motifs is 1. The largest absolute Gasteiger partial charge is 0.312 e. The third-order valence-corrected chi connectivity index (χ3v) is 6.01. The van der Waals surface area contributed by atoms with E-state index in [0.717, 1.165) is 16.9 Å². The first-order chi connectivity index (χ1) is 15.0. The monoisotopic (exact) mass is 433 g/mol. The zero-order chi connectivity index (χ0) is 22.0. The van der Waals surface area contributed by atoms with E-state index >= 15 is 0 Å². The molecule has 1 aliphatic heterocycles. The molecule has 1 aromatic heterocycles. The van der Waals surface area contributed by atoms with Crippen molar-refractivity contribution in [3.8, 4) is 0 Å². The Morgan fingerprint density at radius 1 is 1.06 bits per heavy atom. The number of halogens is 1. The summed E-state index contributed by atoms with van der Waals surface area (Å²) in [5.74, 6) is -0.387. The van der Waals surface area contributed by atoms with Crippen molar-refractivity contribution in [1.82, 2.24) is 4.98 Å². The summed E-state index contributed by atoms with van der Waals surface area (Å²) in [5.41, 5.74) is 3.06. The zero-order valence-electron chi connectivity index (χ0n) is 17.5. The van der Waals surface area contributed by atoms with Crippen molar-refractivity contribution in [1.29, 1.82) is 0 Å². The van der Waals surface area contributed by atoms with E-state index in [9.17, 15) is 9.59 Å². The van der Waals surface area contributed by atoms with Gasteiger partial charge in [-0.05, 0) is 68.3 Å². The second kappa shape index (κ2) is 8.90. The van der Waals surface area contributed by atoms with E-state index < -0.39 is 0 Å². The normalized spacial score (nSPS) is 17.7. The van der Waals surface area contributed by atoms with Gasteiger partial charge in [0.2, 0.25) is 5.91 Å². The molecule has 0 radical (unpaired) electrons. The predicted octanol–water partition coefficient (Wildman–Crippen LogP) is 5.31. The van der Waals surface area contributed by atoms with Crippen molar-refractivity contribution < 1.29 is 9.59 Å². The average Bonchev–Trinajstić information content (AvgIpc) is 2.80. The molecule has 3 aromatic rings. The summed E-state index contributed by atoms with van der Waals surface area (Å²) in [6.45, 7) is 4.50. The van der Waals surface area contributed by atoms with E-state index in [1.165, 1.54) is 0 Å². The Labute approximate surface area is 187 Å². The molecule has 2 atom stereocenters. The zero-order valence-corrected chi connectivity index (χ0v) is 18.3. The van der Waals surface area contributed by atoms with Gasteiger partial charge in [0.25, 0.3) is 5.91 Å². The highest BCUT2D eigenvalue weighted by Gasteiger charge is 2.38. The Morgan fingerprint density at radius 2 is 1.74 bits per heavy atom. The van der Waals surface area contributed by atoms with Crippen LogP contribution in [0.4, 0.5) is 11.4 Å². The first kappa shape index (κ1) is 21.1. The summed E-state index contributed by atoms with van der Waals surface area (Å²) in [5, 5.41) is 0.633. The van der Waals surface area contributed by atoms with Crippen molar-refractivity contribution in [2.24, 2.45) is 0 Å². The van der Waals surface area contributed by atoms with Gasteiger partial charge < -0.3 is 9.80 Å². The molecule has 0 bridgehead atoms. The number of carbonyl (C=O) groups excluding carboxylic acids is 2. The lowest BCUT2D eigenvalue weighted by atomic mass is 9.84. The molecule has 158 valence electrons. The van der Waals surface area contributed by atoms with Crippen molar-refractivity contribution in [3.05, 3.63) is 89.2 Å². The van der Waals surface area contributed by atoms with E-state index in [1.54, 1.807) is 46.5 Å². The van der Waals surface area contributed by atoms with Crippen LogP contribution in [-0.4, -0.2) is 29.4 Å². The van der Waals surface area contributed by atoms with Crippen molar-refractivity contribution in [2.45, 2.75) is 32.2 Å². The molecular formula is C25H24ClN3O2. The summed E-state index contributed by atoms with van der Waals surface area (Å²) in [6.07, 6.45) is 3.79. The van der Waals surface area contributed by atoms with Gasteiger partial charge in [-0.2, -0.15) is 0 Å². The molecule has 31 heavy (non-hydrogen) atoms. The minimum atomic E-state index is -0.330. The molecule has 4 rings (SSSR count). The van der Waals surface area contributed by atoms with Gasteiger partial charge in [-0.15, -0.1) is 0 Å². The van der Waals surface area contributed by atoms with Crippen LogP contribution in [0.3, 0.4) is 0 Å². The maximum Gasteiger partial charge on any atom is 0.258 e. The maximum atomic E-state index is 13.7. The number of benzene rings is 2. The molecule has 1 aliphatic rings. The number of amides is 2. The first-order valence-corrected chi connectivity index (χ1v) is 10.8. The molecule has 0 fully saturated rings. The highest BCUT2D eigenvalue weighted by atomic mass is 35.5.